The van der Waals surface area contributed by atoms with Crippen LogP contribution in [0.25, 0.3) is 22.3 Å². The molecule has 0 spiro atoms. The monoisotopic (exact) mass is 580 g/mol. The number of fused-ring (bicyclic) bond motifs is 1. The standard InChI is InChI=1S/C26H28O15/c27-6-16-20(33)22(35)23(36)25(40-16)18-15(41-26-24(37)19(32)12(31)7-38-26)5-14-17(21(18)34)11(30)4-13(39-14)8-1-2-9(28)10(29)3-8/h1-5,12,16,19-20,22-29,31-37H,6-7H2/t12-,16+,19+,20-,22+,23-,24+,25+,26+/m1/s1. The molecule has 9 atom stereocenters. The molecule has 2 fully saturated rings. The van der Waals surface area contributed by atoms with Crippen molar-refractivity contribution in [3.63, 3.8) is 0 Å². The van der Waals surface area contributed by atoms with Crippen molar-refractivity contribution in [2.24, 2.45) is 0 Å². The lowest BCUT2D eigenvalue weighted by atomic mass is 9.89. The van der Waals surface area contributed by atoms with E-state index in [1.807, 2.05) is 0 Å². The maximum Gasteiger partial charge on any atom is 0.228 e. The molecule has 0 saturated carbocycles. The molecule has 2 aliphatic heterocycles. The molecule has 2 saturated heterocycles. The van der Waals surface area contributed by atoms with E-state index in [2.05, 4.69) is 0 Å². The third kappa shape index (κ3) is 5.07. The van der Waals surface area contributed by atoms with Gasteiger partial charge in [0.25, 0.3) is 0 Å². The molecule has 0 amide bonds. The summed E-state index contributed by atoms with van der Waals surface area (Å²) in [5.41, 5.74) is -1.39. The average molecular weight is 580 g/mol. The highest BCUT2D eigenvalue weighted by molar-refractivity contribution is 5.88. The Morgan fingerprint density at radius 2 is 1.59 bits per heavy atom. The second-order valence-corrected chi connectivity index (χ2v) is 9.81. The van der Waals surface area contributed by atoms with Gasteiger partial charge in [0.1, 0.15) is 77.1 Å². The first-order valence-corrected chi connectivity index (χ1v) is 12.4. The van der Waals surface area contributed by atoms with Gasteiger partial charge in [-0.3, -0.25) is 4.79 Å². The predicted octanol–water partition coefficient (Wildman–Crippen LogP) is -2.09. The van der Waals surface area contributed by atoms with Gasteiger partial charge in [0.05, 0.1) is 18.8 Å². The lowest BCUT2D eigenvalue weighted by Crippen LogP contribution is -2.56. The lowest BCUT2D eigenvalue weighted by Gasteiger charge is -2.41. The number of rotatable bonds is 5. The number of hydrogen-bond donors (Lipinski definition) is 10. The van der Waals surface area contributed by atoms with Crippen molar-refractivity contribution >= 4 is 11.0 Å². The van der Waals surface area contributed by atoms with Crippen LogP contribution in [0.3, 0.4) is 0 Å². The summed E-state index contributed by atoms with van der Waals surface area (Å²) in [5.74, 6) is -2.30. The third-order valence-electron chi connectivity index (χ3n) is 7.13. The second-order valence-electron chi connectivity index (χ2n) is 9.81. The summed E-state index contributed by atoms with van der Waals surface area (Å²) < 4.78 is 22.4. The van der Waals surface area contributed by atoms with Crippen LogP contribution < -0.4 is 10.2 Å². The zero-order chi connectivity index (χ0) is 29.7. The van der Waals surface area contributed by atoms with Crippen molar-refractivity contribution in [1.82, 2.24) is 0 Å². The lowest BCUT2D eigenvalue weighted by molar-refractivity contribution is -0.245. The van der Waals surface area contributed by atoms with E-state index in [1.165, 1.54) is 6.07 Å². The Kier molecular flexibility index (Phi) is 7.82. The molecule has 3 heterocycles. The Balaban J connectivity index is 1.69. The molecule has 0 radical (unpaired) electrons. The van der Waals surface area contributed by atoms with Gasteiger partial charge in [0.15, 0.2) is 16.9 Å². The molecule has 3 aromatic rings. The first-order chi connectivity index (χ1) is 19.4. The molecule has 41 heavy (non-hydrogen) atoms. The van der Waals surface area contributed by atoms with Crippen LogP contribution in [0.15, 0.2) is 39.5 Å². The molecular weight excluding hydrogens is 552 g/mol. The number of phenolic OH excluding ortho intramolecular Hbond substituents is 3. The minimum atomic E-state index is -1.92. The largest absolute Gasteiger partial charge is 0.506 e. The molecule has 2 aromatic carbocycles. The fourth-order valence-corrected chi connectivity index (χ4v) is 4.83. The van der Waals surface area contributed by atoms with E-state index in [4.69, 9.17) is 18.6 Å². The number of aliphatic hydroxyl groups excluding tert-OH is 7. The fraction of sp³-hybridized carbons (Fsp3) is 0.423. The zero-order valence-electron chi connectivity index (χ0n) is 21.0. The highest BCUT2D eigenvalue weighted by Gasteiger charge is 2.47. The van der Waals surface area contributed by atoms with Crippen molar-refractivity contribution in [3.05, 3.63) is 46.1 Å². The average Bonchev–Trinajstić information content (AvgIpc) is 2.94. The smallest absolute Gasteiger partial charge is 0.228 e. The van der Waals surface area contributed by atoms with Crippen molar-refractivity contribution in [2.75, 3.05) is 13.2 Å². The van der Waals surface area contributed by atoms with Crippen LogP contribution in [0.2, 0.25) is 0 Å². The fourth-order valence-electron chi connectivity index (χ4n) is 4.83. The maximum atomic E-state index is 13.2. The Bertz CT molecular complexity index is 1490. The van der Waals surface area contributed by atoms with Gasteiger partial charge in [-0.2, -0.15) is 0 Å². The molecule has 222 valence electrons. The number of benzene rings is 2. The topological polar surface area (TPSA) is 260 Å². The Hall–Kier alpha value is -3.51. The van der Waals surface area contributed by atoms with E-state index >= 15 is 0 Å². The molecule has 0 aliphatic carbocycles. The summed E-state index contributed by atoms with van der Waals surface area (Å²) in [6.07, 6.45) is -15.3. The van der Waals surface area contributed by atoms with Gasteiger partial charge in [-0.1, -0.05) is 0 Å². The quantitative estimate of drug-likeness (QED) is 0.145. The maximum absolute atomic E-state index is 13.2. The normalized spacial score (nSPS) is 32.2. The van der Waals surface area contributed by atoms with Crippen LogP contribution in [-0.4, -0.2) is 113 Å². The zero-order valence-corrected chi connectivity index (χ0v) is 21.0. The van der Waals surface area contributed by atoms with Gasteiger partial charge >= 0.3 is 0 Å². The summed E-state index contributed by atoms with van der Waals surface area (Å²) in [4.78, 5) is 13.2. The first kappa shape index (κ1) is 29.0. The molecule has 10 N–H and O–H groups in total. The van der Waals surface area contributed by atoms with Gasteiger partial charge in [0.2, 0.25) is 6.29 Å². The number of ether oxygens (including phenoxy) is 3. The van der Waals surface area contributed by atoms with Gasteiger partial charge in [-0.15, -0.1) is 0 Å². The number of aromatic hydroxyl groups is 3. The molecule has 2 aliphatic rings. The van der Waals surface area contributed by atoms with Gasteiger partial charge in [-0.25, -0.2) is 0 Å². The third-order valence-corrected chi connectivity index (χ3v) is 7.13. The molecule has 15 heteroatoms. The van der Waals surface area contributed by atoms with Crippen LogP contribution in [0.4, 0.5) is 0 Å². The Labute approximate surface area is 229 Å². The predicted molar refractivity (Wildman–Crippen MR) is 134 cm³/mol. The van der Waals surface area contributed by atoms with E-state index in [9.17, 15) is 55.9 Å². The van der Waals surface area contributed by atoms with Crippen LogP contribution in [0, 0.1) is 0 Å². The summed E-state index contributed by atoms with van der Waals surface area (Å²) in [6.45, 7) is -1.26. The van der Waals surface area contributed by atoms with Gasteiger partial charge < -0.3 is 69.7 Å². The Morgan fingerprint density at radius 1 is 0.854 bits per heavy atom. The number of aliphatic hydroxyl groups is 7. The highest BCUT2D eigenvalue weighted by atomic mass is 16.7. The molecule has 0 unspecified atom stereocenters. The SMILES string of the molecule is O=c1cc(-c2ccc(O)c(O)c2)oc2cc(O[C@@H]3OC[C@@H](O)[C@H](O)[C@@H]3O)c([C@@H]3O[C@@H](CO)[C@@H](O)[C@H](O)[C@H]3O)c(O)c12. The summed E-state index contributed by atoms with van der Waals surface area (Å²) in [6, 6.07) is 5.68. The van der Waals surface area contributed by atoms with Crippen molar-refractivity contribution in [2.45, 2.75) is 55.1 Å². The Morgan fingerprint density at radius 3 is 2.27 bits per heavy atom. The van der Waals surface area contributed by atoms with E-state index in [-0.39, 0.29) is 16.9 Å². The van der Waals surface area contributed by atoms with E-state index < -0.39 is 108 Å². The highest BCUT2D eigenvalue weighted by Crippen LogP contribution is 2.46. The molecular formula is C26H28O15. The summed E-state index contributed by atoms with van der Waals surface area (Å²) in [5, 5.41) is 102. The van der Waals surface area contributed by atoms with E-state index in [0.29, 0.717) is 0 Å². The van der Waals surface area contributed by atoms with Crippen molar-refractivity contribution < 1.29 is 69.7 Å². The van der Waals surface area contributed by atoms with Gasteiger partial charge in [0, 0.05) is 17.7 Å². The first-order valence-electron chi connectivity index (χ1n) is 12.4. The minimum absolute atomic E-state index is 0.101. The molecule has 5 rings (SSSR count). The van der Waals surface area contributed by atoms with Crippen LogP contribution in [0.1, 0.15) is 11.7 Å². The van der Waals surface area contributed by atoms with Crippen LogP contribution in [-0.2, 0) is 9.47 Å². The summed E-state index contributed by atoms with van der Waals surface area (Å²) in [7, 11) is 0. The van der Waals surface area contributed by atoms with Gasteiger partial charge in [-0.05, 0) is 18.2 Å². The van der Waals surface area contributed by atoms with Crippen LogP contribution >= 0.6 is 0 Å². The van der Waals surface area contributed by atoms with E-state index in [0.717, 1.165) is 24.3 Å². The molecule has 1 aromatic heterocycles. The second kappa shape index (κ2) is 11.1. The summed E-state index contributed by atoms with van der Waals surface area (Å²) >= 11 is 0. The van der Waals surface area contributed by atoms with Crippen molar-refractivity contribution in [3.8, 4) is 34.3 Å². The van der Waals surface area contributed by atoms with E-state index in [1.54, 1.807) is 0 Å². The number of phenols is 3. The molecule has 0 bridgehead atoms. The van der Waals surface area contributed by atoms with Crippen LogP contribution in [0.5, 0.6) is 23.0 Å². The number of hydrogen-bond acceptors (Lipinski definition) is 15. The van der Waals surface area contributed by atoms with Crippen molar-refractivity contribution in [1.29, 1.82) is 0 Å². The minimum Gasteiger partial charge on any atom is -0.506 e. The molecule has 15 nitrogen and oxygen atoms in total.